The van der Waals surface area contributed by atoms with Crippen molar-refractivity contribution in [3.8, 4) is 0 Å². The molecule has 0 amide bonds. The topological polar surface area (TPSA) is 26.0 Å². The van der Waals surface area contributed by atoms with Gasteiger partial charge in [-0.1, -0.05) is 35.9 Å². The number of benzene rings is 2. The Bertz CT molecular complexity index is 533. The molecule has 1 nitrogen and oxygen atoms in total. The fraction of sp³-hybridized carbons (Fsp3) is 0.200. The summed E-state index contributed by atoms with van der Waals surface area (Å²) in [4.78, 5) is 1.18. The fourth-order valence-corrected chi connectivity index (χ4v) is 2.78. The van der Waals surface area contributed by atoms with Gasteiger partial charge in [0.25, 0.3) is 0 Å². The van der Waals surface area contributed by atoms with Crippen LogP contribution in [0.3, 0.4) is 0 Å². The van der Waals surface area contributed by atoms with Crippen molar-refractivity contribution >= 4 is 23.4 Å². The Morgan fingerprint density at radius 2 is 1.89 bits per heavy atom. The molecule has 0 aliphatic carbocycles. The van der Waals surface area contributed by atoms with Crippen LogP contribution in [0.5, 0.6) is 0 Å². The maximum absolute atomic E-state index is 13.6. The van der Waals surface area contributed by atoms with Crippen LogP contribution >= 0.6 is 23.4 Å². The van der Waals surface area contributed by atoms with Crippen LogP contribution < -0.4 is 5.73 Å². The summed E-state index contributed by atoms with van der Waals surface area (Å²) in [5.41, 5.74) is 6.66. The molecule has 2 aromatic carbocycles. The Balaban J connectivity index is 1.89. The molecule has 0 aromatic heterocycles. The minimum Gasteiger partial charge on any atom is -0.327 e. The number of hydrogen-bond donors (Lipinski definition) is 1. The number of hydrogen-bond acceptors (Lipinski definition) is 2. The molecule has 2 N–H and O–H groups in total. The highest BCUT2D eigenvalue weighted by atomic mass is 35.5. The van der Waals surface area contributed by atoms with Crippen LogP contribution in [0.15, 0.2) is 53.4 Å². The van der Waals surface area contributed by atoms with Gasteiger partial charge < -0.3 is 5.73 Å². The maximum Gasteiger partial charge on any atom is 0.127 e. The van der Waals surface area contributed by atoms with Crippen LogP contribution in [0.2, 0.25) is 5.02 Å². The number of halogens is 2. The molecule has 1 atom stereocenters. The number of rotatable bonds is 5. The normalized spacial score (nSPS) is 12.4. The van der Waals surface area contributed by atoms with Crippen LogP contribution in [0.4, 0.5) is 4.39 Å². The van der Waals surface area contributed by atoms with Crippen molar-refractivity contribution in [2.24, 2.45) is 5.73 Å². The van der Waals surface area contributed by atoms with E-state index >= 15 is 0 Å². The lowest BCUT2D eigenvalue weighted by atomic mass is 10.1. The molecule has 0 bridgehead atoms. The second-order valence-electron chi connectivity index (χ2n) is 4.32. The van der Waals surface area contributed by atoms with Gasteiger partial charge in [-0.25, -0.2) is 4.39 Å². The Labute approximate surface area is 122 Å². The minimum atomic E-state index is -0.285. The van der Waals surface area contributed by atoms with Crippen molar-refractivity contribution < 1.29 is 4.39 Å². The molecule has 0 fully saturated rings. The van der Waals surface area contributed by atoms with Crippen molar-refractivity contribution in [1.82, 2.24) is 0 Å². The lowest BCUT2D eigenvalue weighted by molar-refractivity contribution is 0.597. The van der Waals surface area contributed by atoms with Crippen molar-refractivity contribution in [2.75, 3.05) is 5.75 Å². The lowest BCUT2D eigenvalue weighted by Gasteiger charge is -2.12. The average Bonchev–Trinajstić information content (AvgIpc) is 2.41. The molecule has 100 valence electrons. The summed E-state index contributed by atoms with van der Waals surface area (Å²) in [6.07, 6.45) is 0.517. The summed E-state index contributed by atoms with van der Waals surface area (Å²) in [7, 11) is 0. The minimum absolute atomic E-state index is 0.0825. The van der Waals surface area contributed by atoms with E-state index in [-0.39, 0.29) is 11.9 Å². The second-order valence-corrected chi connectivity index (χ2v) is 5.85. The van der Waals surface area contributed by atoms with Gasteiger partial charge in [0.2, 0.25) is 0 Å². The molecule has 0 radical (unpaired) electrons. The quantitative estimate of drug-likeness (QED) is 0.839. The van der Waals surface area contributed by atoms with Crippen LogP contribution in [0.1, 0.15) is 5.56 Å². The summed E-state index contributed by atoms with van der Waals surface area (Å²) < 4.78 is 13.6. The molecule has 2 aromatic rings. The molecule has 0 saturated heterocycles. The van der Waals surface area contributed by atoms with Gasteiger partial charge in [0.15, 0.2) is 0 Å². The van der Waals surface area contributed by atoms with Crippen molar-refractivity contribution in [1.29, 1.82) is 0 Å². The van der Waals surface area contributed by atoms with Crippen LogP contribution in [0, 0.1) is 5.82 Å². The Morgan fingerprint density at radius 3 is 2.58 bits per heavy atom. The van der Waals surface area contributed by atoms with Crippen LogP contribution in [-0.2, 0) is 6.42 Å². The summed E-state index contributed by atoms with van der Waals surface area (Å²) in [5.74, 6) is 0.471. The molecular weight excluding hydrogens is 281 g/mol. The standard InChI is InChI=1S/C15H15ClFNS/c16-12-7-6-11(15(17)9-12)8-13(18)10-19-14-4-2-1-3-5-14/h1-7,9,13H,8,10,18H2. The van der Waals surface area contributed by atoms with Gasteiger partial charge in [-0.15, -0.1) is 11.8 Å². The van der Waals surface area contributed by atoms with Crippen molar-refractivity contribution in [3.63, 3.8) is 0 Å². The molecule has 2 rings (SSSR count). The lowest BCUT2D eigenvalue weighted by Crippen LogP contribution is -2.26. The zero-order valence-corrected chi connectivity index (χ0v) is 11.9. The predicted octanol–water partition coefficient (Wildman–Crippen LogP) is 4.14. The van der Waals surface area contributed by atoms with E-state index in [1.165, 1.54) is 11.0 Å². The third-order valence-electron chi connectivity index (χ3n) is 2.70. The van der Waals surface area contributed by atoms with Gasteiger partial charge in [-0.3, -0.25) is 0 Å². The van der Waals surface area contributed by atoms with E-state index in [4.69, 9.17) is 17.3 Å². The van der Waals surface area contributed by atoms with Crippen molar-refractivity contribution in [3.05, 3.63) is 64.9 Å². The second kappa shape index (κ2) is 6.94. The summed E-state index contributed by atoms with van der Waals surface area (Å²) in [5, 5.41) is 0.411. The third-order valence-corrected chi connectivity index (χ3v) is 4.14. The van der Waals surface area contributed by atoms with Gasteiger partial charge in [0.1, 0.15) is 5.82 Å². The van der Waals surface area contributed by atoms with Gasteiger partial charge in [-0.2, -0.15) is 0 Å². The zero-order valence-electron chi connectivity index (χ0n) is 10.4. The highest BCUT2D eigenvalue weighted by Crippen LogP contribution is 2.20. The molecule has 4 heteroatoms. The molecule has 0 heterocycles. The first kappa shape index (κ1) is 14.4. The Hall–Kier alpha value is -1.03. The highest BCUT2D eigenvalue weighted by Gasteiger charge is 2.09. The summed E-state index contributed by atoms with van der Waals surface area (Å²) in [6.45, 7) is 0. The molecular formula is C15H15ClFNS. The van der Waals surface area contributed by atoms with E-state index in [1.54, 1.807) is 23.9 Å². The molecule has 0 spiro atoms. The molecule has 1 unspecified atom stereocenters. The first-order valence-electron chi connectivity index (χ1n) is 6.02. The monoisotopic (exact) mass is 295 g/mol. The average molecular weight is 296 g/mol. The van der Waals surface area contributed by atoms with E-state index in [9.17, 15) is 4.39 Å². The smallest absolute Gasteiger partial charge is 0.127 e. The molecule has 0 aliphatic rings. The number of thioether (sulfide) groups is 1. The molecule has 19 heavy (non-hydrogen) atoms. The first-order chi connectivity index (χ1) is 9.15. The summed E-state index contributed by atoms with van der Waals surface area (Å²) in [6, 6.07) is 14.7. The van der Waals surface area contributed by atoms with E-state index in [0.29, 0.717) is 17.0 Å². The van der Waals surface area contributed by atoms with Crippen LogP contribution in [0.25, 0.3) is 0 Å². The number of nitrogens with two attached hydrogens (primary N) is 1. The molecule has 0 aliphatic heterocycles. The van der Waals surface area contributed by atoms with E-state index in [1.807, 2.05) is 30.3 Å². The third kappa shape index (κ3) is 4.53. The Kier molecular flexibility index (Phi) is 5.25. The predicted molar refractivity (Wildman–Crippen MR) is 80.3 cm³/mol. The van der Waals surface area contributed by atoms with Gasteiger partial charge in [0, 0.05) is 21.7 Å². The fourth-order valence-electron chi connectivity index (χ4n) is 1.75. The van der Waals surface area contributed by atoms with Crippen molar-refractivity contribution in [2.45, 2.75) is 17.4 Å². The van der Waals surface area contributed by atoms with Crippen LogP contribution in [-0.4, -0.2) is 11.8 Å². The van der Waals surface area contributed by atoms with Gasteiger partial charge in [0.05, 0.1) is 0 Å². The largest absolute Gasteiger partial charge is 0.327 e. The summed E-state index contributed by atoms with van der Waals surface area (Å²) >= 11 is 7.40. The van der Waals surface area contributed by atoms with E-state index in [2.05, 4.69) is 0 Å². The van der Waals surface area contributed by atoms with Gasteiger partial charge in [-0.05, 0) is 36.2 Å². The maximum atomic E-state index is 13.6. The van der Waals surface area contributed by atoms with Gasteiger partial charge >= 0.3 is 0 Å². The first-order valence-corrected chi connectivity index (χ1v) is 7.39. The Morgan fingerprint density at radius 1 is 1.16 bits per heavy atom. The highest BCUT2D eigenvalue weighted by molar-refractivity contribution is 7.99. The zero-order chi connectivity index (χ0) is 13.7. The SMILES string of the molecule is NC(CSc1ccccc1)Cc1ccc(Cl)cc1F. The van der Waals surface area contributed by atoms with E-state index < -0.39 is 0 Å². The van der Waals surface area contributed by atoms with E-state index in [0.717, 1.165) is 5.75 Å². The molecule has 0 saturated carbocycles.